The molecule has 0 aromatic carbocycles. The molecule has 1 N–H and O–H groups in total. The van der Waals surface area contributed by atoms with Crippen molar-refractivity contribution in [3.05, 3.63) is 11.3 Å². The van der Waals surface area contributed by atoms with Gasteiger partial charge in [-0.05, 0) is 26.8 Å². The molecule has 0 radical (unpaired) electrons. The Morgan fingerprint density at radius 3 is 3.00 bits per heavy atom. The van der Waals surface area contributed by atoms with E-state index in [4.69, 9.17) is 0 Å². The van der Waals surface area contributed by atoms with Crippen LogP contribution in [0.3, 0.4) is 0 Å². The van der Waals surface area contributed by atoms with Crippen LogP contribution in [-0.2, 0) is 0 Å². The summed E-state index contributed by atoms with van der Waals surface area (Å²) >= 11 is 0. The van der Waals surface area contributed by atoms with Crippen LogP contribution in [-0.4, -0.2) is 46.6 Å². The van der Waals surface area contributed by atoms with Crippen LogP contribution in [0.25, 0.3) is 0 Å². The second-order valence-electron chi connectivity index (χ2n) is 5.05. The van der Waals surface area contributed by atoms with Crippen LogP contribution in [0.4, 0.5) is 0 Å². The molecule has 1 heterocycles. The molecule has 0 aromatic rings. The average molecular weight is 240 g/mol. The van der Waals surface area contributed by atoms with Crippen LogP contribution in [0.2, 0.25) is 6.04 Å². The summed E-state index contributed by atoms with van der Waals surface area (Å²) in [5.74, 6) is 0. The number of rotatable bonds is 6. The van der Waals surface area contributed by atoms with Crippen molar-refractivity contribution < 1.29 is 0 Å². The lowest BCUT2D eigenvalue weighted by Crippen LogP contribution is -2.50. The van der Waals surface area contributed by atoms with Crippen molar-refractivity contribution in [1.82, 2.24) is 10.2 Å². The summed E-state index contributed by atoms with van der Waals surface area (Å²) in [6.07, 6.45) is 2.82. The Labute approximate surface area is 103 Å². The number of hydrogen-bond donors (Lipinski definition) is 1. The van der Waals surface area contributed by atoms with Gasteiger partial charge in [0.1, 0.15) is 0 Å². The maximum atomic E-state index is 3.52. The van der Waals surface area contributed by atoms with Crippen LogP contribution in [0.5, 0.6) is 0 Å². The number of nitrogens with one attached hydrogen (secondary N) is 1. The van der Waals surface area contributed by atoms with Crippen molar-refractivity contribution in [3.8, 4) is 0 Å². The first-order valence-electron chi connectivity index (χ1n) is 6.82. The molecule has 1 saturated heterocycles. The molecular formula is C13H28N2Si. The minimum Gasteiger partial charge on any atom is -0.314 e. The summed E-state index contributed by atoms with van der Waals surface area (Å²) in [4.78, 5) is 2.64. The molecule has 1 atom stereocenters. The summed E-state index contributed by atoms with van der Waals surface area (Å²) < 4.78 is 0. The lowest BCUT2D eigenvalue weighted by molar-refractivity contribution is 0.160. The van der Waals surface area contributed by atoms with Crippen molar-refractivity contribution in [2.24, 2.45) is 0 Å². The predicted molar refractivity (Wildman–Crippen MR) is 75.9 cm³/mol. The zero-order valence-electron chi connectivity index (χ0n) is 11.3. The maximum Gasteiger partial charge on any atom is 0.0453 e. The lowest BCUT2D eigenvalue weighted by atomic mass is 10.1. The fourth-order valence-electron chi connectivity index (χ4n) is 2.42. The monoisotopic (exact) mass is 240 g/mol. The smallest absolute Gasteiger partial charge is 0.0453 e. The predicted octanol–water partition coefficient (Wildman–Crippen LogP) is 1.57. The third kappa shape index (κ3) is 5.28. The van der Waals surface area contributed by atoms with E-state index in [0.29, 0.717) is 0 Å². The van der Waals surface area contributed by atoms with Crippen molar-refractivity contribution in [2.45, 2.75) is 45.7 Å². The molecule has 0 saturated carbocycles. The normalized spacial score (nSPS) is 22.8. The number of nitrogens with zero attached hydrogens (tertiary/aromatic N) is 1. The van der Waals surface area contributed by atoms with Crippen LogP contribution in [0, 0.1) is 0 Å². The number of likely N-dealkylation sites (N-methyl/N-ethyl adjacent to an activating group) is 1. The summed E-state index contributed by atoms with van der Waals surface area (Å²) in [5.41, 5.74) is 4.01. The quantitative estimate of drug-likeness (QED) is 0.560. The van der Waals surface area contributed by atoms with Crippen molar-refractivity contribution in [3.63, 3.8) is 0 Å². The van der Waals surface area contributed by atoms with Gasteiger partial charge in [0, 0.05) is 35.2 Å². The van der Waals surface area contributed by atoms with Gasteiger partial charge in [-0.15, -0.1) is 5.70 Å². The van der Waals surface area contributed by atoms with Crippen LogP contribution in [0.15, 0.2) is 11.3 Å². The Hall–Kier alpha value is -0.123. The first-order valence-corrected chi connectivity index (χ1v) is 8.63. The minimum atomic E-state index is 0.0931. The molecule has 94 valence electrons. The van der Waals surface area contributed by atoms with Crippen molar-refractivity contribution in [2.75, 3.05) is 26.2 Å². The maximum absolute atomic E-state index is 3.52. The van der Waals surface area contributed by atoms with Crippen LogP contribution < -0.4 is 5.32 Å². The lowest BCUT2D eigenvalue weighted by Gasteiger charge is -2.35. The molecule has 1 rings (SSSR count). The molecule has 16 heavy (non-hydrogen) atoms. The van der Waals surface area contributed by atoms with Gasteiger partial charge in [-0.2, -0.15) is 0 Å². The van der Waals surface area contributed by atoms with Crippen LogP contribution >= 0.6 is 0 Å². The Balaban J connectivity index is 2.13. The summed E-state index contributed by atoms with van der Waals surface area (Å²) in [7, 11) is 0.0931. The van der Waals surface area contributed by atoms with E-state index in [-0.39, 0.29) is 9.52 Å². The average Bonchev–Trinajstić information content (AvgIpc) is 2.29. The molecule has 3 heteroatoms. The molecule has 0 aromatic heterocycles. The SMILES string of the molecule is CCN1CCNCC1CCC[SiH2]C=C(C)C. The topological polar surface area (TPSA) is 15.3 Å². The van der Waals surface area contributed by atoms with Crippen LogP contribution in [0.1, 0.15) is 33.6 Å². The van der Waals surface area contributed by atoms with Gasteiger partial charge in [-0.3, -0.25) is 4.90 Å². The molecule has 1 fully saturated rings. The van der Waals surface area contributed by atoms with Gasteiger partial charge in [0.05, 0.1) is 0 Å². The van der Waals surface area contributed by atoms with E-state index in [1.807, 2.05) is 0 Å². The highest BCUT2D eigenvalue weighted by Gasteiger charge is 2.19. The Morgan fingerprint density at radius 2 is 2.31 bits per heavy atom. The standard InChI is InChI=1S/C13H28N2Si/c1-4-15-8-7-14-10-13(15)6-5-9-16-11-12(2)3/h11,13-14H,4-10,16H2,1-3H3. The first-order chi connectivity index (χ1) is 7.74. The summed E-state index contributed by atoms with van der Waals surface area (Å²) in [6.45, 7) is 11.6. The fraction of sp³-hybridized carbons (Fsp3) is 0.846. The molecule has 1 aliphatic rings. The largest absolute Gasteiger partial charge is 0.314 e. The van der Waals surface area contributed by atoms with E-state index < -0.39 is 0 Å². The molecular weight excluding hydrogens is 212 g/mol. The fourth-order valence-corrected chi connectivity index (χ4v) is 3.78. The number of allylic oxidation sites excluding steroid dienone is 1. The Morgan fingerprint density at radius 1 is 1.50 bits per heavy atom. The number of hydrogen-bond acceptors (Lipinski definition) is 2. The molecule has 0 aliphatic carbocycles. The molecule has 0 bridgehead atoms. The van der Waals surface area contributed by atoms with Crippen molar-refractivity contribution in [1.29, 1.82) is 0 Å². The van der Waals surface area contributed by atoms with Gasteiger partial charge in [0.15, 0.2) is 0 Å². The van der Waals surface area contributed by atoms with E-state index in [1.54, 1.807) is 0 Å². The number of piperazine rings is 1. The van der Waals surface area contributed by atoms with E-state index in [0.717, 1.165) is 6.04 Å². The highest BCUT2D eigenvalue weighted by Crippen LogP contribution is 2.10. The Bertz CT molecular complexity index is 212. The van der Waals surface area contributed by atoms with E-state index in [9.17, 15) is 0 Å². The van der Waals surface area contributed by atoms with Gasteiger partial charge in [-0.1, -0.05) is 25.0 Å². The first kappa shape index (κ1) is 13.9. The highest BCUT2D eigenvalue weighted by molar-refractivity contribution is 6.42. The zero-order valence-corrected chi connectivity index (χ0v) is 12.7. The minimum absolute atomic E-state index is 0.0931. The van der Waals surface area contributed by atoms with Crippen molar-refractivity contribution >= 4 is 9.52 Å². The Kier molecular flexibility index (Phi) is 7.00. The molecule has 1 aliphatic heterocycles. The van der Waals surface area contributed by atoms with Gasteiger partial charge in [-0.25, -0.2) is 0 Å². The summed E-state index contributed by atoms with van der Waals surface area (Å²) in [6, 6.07) is 2.29. The second kappa shape index (κ2) is 8.04. The van der Waals surface area contributed by atoms with E-state index in [2.05, 4.69) is 36.7 Å². The third-order valence-electron chi connectivity index (χ3n) is 3.42. The molecule has 0 amide bonds. The van der Waals surface area contributed by atoms with Gasteiger partial charge in [0.2, 0.25) is 0 Å². The summed E-state index contributed by atoms with van der Waals surface area (Å²) in [5, 5.41) is 3.52. The van der Waals surface area contributed by atoms with Gasteiger partial charge >= 0.3 is 0 Å². The molecule has 1 unspecified atom stereocenters. The van der Waals surface area contributed by atoms with E-state index in [1.165, 1.54) is 50.6 Å². The van der Waals surface area contributed by atoms with Gasteiger partial charge in [0.25, 0.3) is 0 Å². The molecule has 0 spiro atoms. The second-order valence-corrected chi connectivity index (χ2v) is 6.75. The van der Waals surface area contributed by atoms with Gasteiger partial charge < -0.3 is 5.32 Å². The van der Waals surface area contributed by atoms with E-state index >= 15 is 0 Å². The third-order valence-corrected chi connectivity index (χ3v) is 5.44. The zero-order chi connectivity index (χ0) is 11.8. The molecule has 2 nitrogen and oxygen atoms in total. The highest BCUT2D eigenvalue weighted by atomic mass is 28.2.